The summed E-state index contributed by atoms with van der Waals surface area (Å²) in [7, 11) is 0. The molecule has 1 rings (SSSR count). The van der Waals surface area contributed by atoms with E-state index in [1.165, 1.54) is 0 Å². The van der Waals surface area contributed by atoms with E-state index >= 15 is 0 Å². The third-order valence-corrected chi connectivity index (χ3v) is 2.08. The average Bonchev–Trinajstić information content (AvgIpc) is 2.02. The van der Waals surface area contributed by atoms with E-state index in [4.69, 9.17) is 9.84 Å². The largest absolute Gasteiger partial charge is 0.479 e. The Balaban J connectivity index is 2.72. The Morgan fingerprint density at radius 2 is 2.38 bits per heavy atom. The van der Waals surface area contributed by atoms with E-state index in [1.54, 1.807) is 12.1 Å². The van der Waals surface area contributed by atoms with Gasteiger partial charge in [0, 0.05) is 5.69 Å². The summed E-state index contributed by atoms with van der Waals surface area (Å²) in [6, 6.07) is 3.49. The highest BCUT2D eigenvalue weighted by Crippen LogP contribution is 2.18. The molecule has 0 unspecified atom stereocenters. The minimum atomic E-state index is -0.989. The maximum atomic E-state index is 10.2. The summed E-state index contributed by atoms with van der Waals surface area (Å²) in [6.45, 7) is 1.53. The highest BCUT2D eigenvalue weighted by atomic mass is 127. The van der Waals surface area contributed by atoms with Crippen LogP contribution in [0.1, 0.15) is 5.69 Å². The second-order valence-electron chi connectivity index (χ2n) is 2.42. The van der Waals surface area contributed by atoms with E-state index in [1.807, 2.05) is 29.5 Å². The maximum absolute atomic E-state index is 10.2. The Kier molecular flexibility index (Phi) is 3.47. The fourth-order valence-corrected chi connectivity index (χ4v) is 1.48. The standard InChI is InChI=1S/C8H8INO3/c1-5-2-3-6(8(9)10-5)13-4-7(11)12/h2-3H,4H2,1H3,(H,11,12). The van der Waals surface area contributed by atoms with Crippen molar-refractivity contribution in [2.24, 2.45) is 0 Å². The van der Waals surface area contributed by atoms with Gasteiger partial charge in [-0.3, -0.25) is 0 Å². The van der Waals surface area contributed by atoms with Gasteiger partial charge in [-0.25, -0.2) is 9.78 Å². The summed E-state index contributed by atoms with van der Waals surface area (Å²) in [6.07, 6.45) is 0. The molecule has 0 saturated carbocycles. The van der Waals surface area contributed by atoms with Crippen molar-refractivity contribution in [1.29, 1.82) is 0 Å². The van der Waals surface area contributed by atoms with Crippen LogP contribution in [0.4, 0.5) is 0 Å². The second-order valence-corrected chi connectivity index (χ2v) is 3.45. The lowest BCUT2D eigenvalue weighted by Gasteiger charge is -2.04. The number of carbonyl (C=O) groups is 1. The predicted octanol–water partition coefficient (Wildman–Crippen LogP) is 1.46. The number of hydrogen-bond donors (Lipinski definition) is 1. The molecule has 0 saturated heterocycles. The Labute approximate surface area is 89.1 Å². The van der Waals surface area contributed by atoms with E-state index in [0.717, 1.165) is 5.69 Å². The number of ether oxygens (including phenoxy) is 1. The predicted molar refractivity (Wildman–Crippen MR) is 54.8 cm³/mol. The van der Waals surface area contributed by atoms with Gasteiger partial charge in [-0.15, -0.1) is 0 Å². The zero-order valence-electron chi connectivity index (χ0n) is 6.95. The van der Waals surface area contributed by atoms with Crippen molar-refractivity contribution < 1.29 is 14.6 Å². The molecule has 1 aromatic heterocycles. The minimum absolute atomic E-state index is 0.333. The normalized spacial score (nSPS) is 9.69. The van der Waals surface area contributed by atoms with Gasteiger partial charge in [-0.1, -0.05) is 0 Å². The smallest absolute Gasteiger partial charge is 0.341 e. The first-order valence-electron chi connectivity index (χ1n) is 3.57. The monoisotopic (exact) mass is 293 g/mol. The molecule has 1 heterocycles. The van der Waals surface area contributed by atoms with Gasteiger partial charge in [-0.05, 0) is 41.6 Å². The lowest BCUT2D eigenvalue weighted by Crippen LogP contribution is -2.10. The summed E-state index contributed by atoms with van der Waals surface area (Å²) in [5, 5.41) is 8.37. The molecule has 0 aromatic carbocycles. The molecule has 1 N–H and O–H groups in total. The van der Waals surface area contributed by atoms with Gasteiger partial charge in [0.1, 0.15) is 3.70 Å². The van der Waals surface area contributed by atoms with Crippen LogP contribution in [-0.2, 0) is 4.79 Å². The molecule has 0 spiro atoms. The van der Waals surface area contributed by atoms with Gasteiger partial charge in [0.05, 0.1) is 0 Å². The highest BCUT2D eigenvalue weighted by molar-refractivity contribution is 14.1. The third-order valence-electron chi connectivity index (χ3n) is 1.30. The molecule has 70 valence electrons. The van der Waals surface area contributed by atoms with Crippen molar-refractivity contribution in [3.63, 3.8) is 0 Å². The van der Waals surface area contributed by atoms with Crippen molar-refractivity contribution in [2.75, 3.05) is 6.61 Å². The number of aryl methyl sites for hydroxylation is 1. The maximum Gasteiger partial charge on any atom is 0.341 e. The van der Waals surface area contributed by atoms with Gasteiger partial charge >= 0.3 is 5.97 Å². The van der Waals surface area contributed by atoms with Crippen molar-refractivity contribution in [2.45, 2.75) is 6.92 Å². The lowest BCUT2D eigenvalue weighted by molar-refractivity contribution is -0.139. The molecule has 1 aromatic rings. The van der Waals surface area contributed by atoms with Crippen LogP contribution in [0.3, 0.4) is 0 Å². The number of hydrogen-bond acceptors (Lipinski definition) is 3. The van der Waals surface area contributed by atoms with E-state index < -0.39 is 5.97 Å². The molecule has 0 radical (unpaired) electrons. The summed E-state index contributed by atoms with van der Waals surface area (Å²) < 4.78 is 5.66. The molecule has 0 fully saturated rings. The topological polar surface area (TPSA) is 59.4 Å². The molecule has 13 heavy (non-hydrogen) atoms. The number of aliphatic carboxylic acids is 1. The molecule has 0 bridgehead atoms. The van der Waals surface area contributed by atoms with Crippen LogP contribution in [0.15, 0.2) is 12.1 Å². The van der Waals surface area contributed by atoms with Crippen molar-refractivity contribution in [1.82, 2.24) is 4.98 Å². The zero-order chi connectivity index (χ0) is 9.84. The number of nitrogens with zero attached hydrogens (tertiary/aromatic N) is 1. The average molecular weight is 293 g/mol. The number of carboxylic acid groups (broad SMARTS) is 1. The summed E-state index contributed by atoms with van der Waals surface area (Å²) in [5.41, 5.74) is 0.882. The SMILES string of the molecule is Cc1ccc(OCC(=O)O)c(I)n1. The molecular formula is C8H8INO3. The van der Waals surface area contributed by atoms with E-state index in [9.17, 15) is 4.79 Å². The van der Waals surface area contributed by atoms with Gasteiger partial charge in [0.15, 0.2) is 12.4 Å². The molecule has 0 aliphatic carbocycles. The summed E-state index contributed by atoms with van der Waals surface area (Å²) in [5.74, 6) is -0.482. The fourth-order valence-electron chi connectivity index (χ4n) is 0.759. The van der Waals surface area contributed by atoms with Crippen LogP contribution < -0.4 is 4.74 Å². The van der Waals surface area contributed by atoms with Crippen LogP contribution >= 0.6 is 22.6 Å². The summed E-state index contributed by atoms with van der Waals surface area (Å²) >= 11 is 2.00. The number of halogens is 1. The minimum Gasteiger partial charge on any atom is -0.479 e. The zero-order valence-corrected chi connectivity index (χ0v) is 9.11. The Bertz CT molecular complexity index is 327. The quantitative estimate of drug-likeness (QED) is 0.677. The molecular weight excluding hydrogens is 285 g/mol. The van der Waals surface area contributed by atoms with E-state index in [-0.39, 0.29) is 6.61 Å². The van der Waals surface area contributed by atoms with Gasteiger partial charge < -0.3 is 9.84 Å². The van der Waals surface area contributed by atoms with E-state index in [2.05, 4.69) is 4.98 Å². The molecule has 0 aliphatic heterocycles. The van der Waals surface area contributed by atoms with Gasteiger partial charge in [0.2, 0.25) is 0 Å². The number of aromatic nitrogens is 1. The highest BCUT2D eigenvalue weighted by Gasteiger charge is 2.04. The molecule has 4 nitrogen and oxygen atoms in total. The molecule has 0 atom stereocenters. The first-order valence-corrected chi connectivity index (χ1v) is 4.65. The van der Waals surface area contributed by atoms with Crippen molar-refractivity contribution in [3.8, 4) is 5.75 Å². The lowest BCUT2D eigenvalue weighted by atomic mass is 10.4. The number of carboxylic acids is 1. The van der Waals surface area contributed by atoms with E-state index in [0.29, 0.717) is 9.45 Å². The Morgan fingerprint density at radius 3 is 2.92 bits per heavy atom. The van der Waals surface area contributed by atoms with Crippen LogP contribution in [-0.4, -0.2) is 22.7 Å². The Morgan fingerprint density at radius 1 is 1.69 bits per heavy atom. The third kappa shape index (κ3) is 3.17. The van der Waals surface area contributed by atoms with Gasteiger partial charge in [0.25, 0.3) is 0 Å². The second kappa shape index (κ2) is 4.40. The molecule has 0 amide bonds. The van der Waals surface area contributed by atoms with Crippen LogP contribution in [0, 0.1) is 10.6 Å². The first-order chi connectivity index (χ1) is 6.09. The summed E-state index contributed by atoms with van der Waals surface area (Å²) in [4.78, 5) is 14.3. The Hall–Kier alpha value is -0.850. The van der Waals surface area contributed by atoms with Crippen molar-refractivity contribution in [3.05, 3.63) is 21.5 Å². The van der Waals surface area contributed by atoms with Crippen LogP contribution in [0.25, 0.3) is 0 Å². The molecule has 5 heteroatoms. The molecule has 0 aliphatic rings. The fraction of sp³-hybridized carbons (Fsp3) is 0.250. The van der Waals surface area contributed by atoms with Crippen molar-refractivity contribution >= 4 is 28.6 Å². The van der Waals surface area contributed by atoms with Gasteiger partial charge in [-0.2, -0.15) is 0 Å². The number of pyridine rings is 1. The number of rotatable bonds is 3. The van der Waals surface area contributed by atoms with Crippen LogP contribution in [0.5, 0.6) is 5.75 Å². The first kappa shape index (κ1) is 10.2. The van der Waals surface area contributed by atoms with Crippen LogP contribution in [0.2, 0.25) is 0 Å².